The molecule has 2 saturated heterocycles. The van der Waals surface area contributed by atoms with Crippen molar-refractivity contribution in [2.75, 3.05) is 26.2 Å². The highest BCUT2D eigenvalue weighted by atomic mass is 32.1. The number of carboxylic acids is 1. The Labute approximate surface area is 212 Å². The maximum Gasteiger partial charge on any atom is 0.490 e. The van der Waals surface area contributed by atoms with E-state index in [2.05, 4.69) is 24.0 Å². The van der Waals surface area contributed by atoms with Crippen LogP contribution in [0.2, 0.25) is 0 Å². The number of hydrogen-bond acceptors (Lipinski definition) is 6. The number of amides is 1. The maximum atomic E-state index is 11.9. The highest BCUT2D eigenvalue weighted by molar-refractivity contribution is 7.15. The zero-order chi connectivity index (χ0) is 26.3. The molecule has 1 atom stereocenters. The Morgan fingerprint density at radius 1 is 1.22 bits per heavy atom. The van der Waals surface area contributed by atoms with E-state index in [4.69, 9.17) is 19.6 Å². The van der Waals surface area contributed by atoms with Crippen LogP contribution >= 0.6 is 11.3 Å². The number of likely N-dealkylation sites (tertiary alicyclic amines) is 2. The average Bonchev–Trinajstić information content (AvgIpc) is 3.53. The summed E-state index contributed by atoms with van der Waals surface area (Å²) in [4.78, 5) is 31.2. The molecule has 4 rings (SSSR count). The number of ether oxygens (including phenoxy) is 1. The van der Waals surface area contributed by atoms with Crippen LogP contribution in [0.4, 0.5) is 13.2 Å². The van der Waals surface area contributed by atoms with Crippen LogP contribution in [0.3, 0.4) is 0 Å². The lowest BCUT2D eigenvalue weighted by Gasteiger charge is -2.20. The monoisotopic (exact) mass is 527 g/mol. The van der Waals surface area contributed by atoms with Gasteiger partial charge in [0.15, 0.2) is 0 Å². The number of thiazole rings is 1. The Morgan fingerprint density at radius 3 is 2.47 bits per heavy atom. The number of alkyl halides is 3. The molecular weight excluding hydrogens is 495 g/mol. The minimum atomic E-state index is -5.08. The van der Waals surface area contributed by atoms with Crippen molar-refractivity contribution < 1.29 is 32.6 Å². The Hall–Kier alpha value is -2.66. The van der Waals surface area contributed by atoms with Crippen LogP contribution in [0.25, 0.3) is 10.6 Å². The zero-order valence-corrected chi connectivity index (χ0v) is 21.3. The van der Waals surface area contributed by atoms with E-state index in [9.17, 15) is 18.0 Å². The Balaban J connectivity index is 0.000000454. The zero-order valence-electron chi connectivity index (χ0n) is 20.5. The number of halogens is 3. The minimum absolute atomic E-state index is 0.264. The molecule has 2 aromatic rings. The van der Waals surface area contributed by atoms with Crippen molar-refractivity contribution in [2.45, 2.75) is 64.7 Å². The van der Waals surface area contributed by atoms with Gasteiger partial charge < -0.3 is 19.6 Å². The molecule has 3 heterocycles. The van der Waals surface area contributed by atoms with E-state index < -0.39 is 12.1 Å². The second-order valence-corrected chi connectivity index (χ2v) is 10.1. The number of benzene rings is 1. The van der Waals surface area contributed by atoms with Crippen molar-refractivity contribution in [3.05, 3.63) is 34.8 Å². The normalized spacial score (nSPS) is 18.3. The van der Waals surface area contributed by atoms with Gasteiger partial charge in [-0.25, -0.2) is 9.78 Å². The van der Waals surface area contributed by atoms with Gasteiger partial charge in [0.25, 0.3) is 0 Å². The van der Waals surface area contributed by atoms with Gasteiger partial charge >= 0.3 is 12.1 Å². The lowest BCUT2D eigenvalue weighted by atomic mass is 10.2. The Bertz CT molecular complexity index is 1030. The predicted molar refractivity (Wildman–Crippen MR) is 131 cm³/mol. The fourth-order valence-corrected chi connectivity index (χ4v) is 5.30. The first-order valence-corrected chi connectivity index (χ1v) is 12.9. The molecule has 198 valence electrons. The molecule has 0 spiro atoms. The molecule has 11 heteroatoms. The van der Waals surface area contributed by atoms with E-state index in [0.29, 0.717) is 13.0 Å². The number of carbonyl (C=O) groups excluding carboxylic acids is 1. The Kier molecular flexibility index (Phi) is 9.72. The van der Waals surface area contributed by atoms with Crippen LogP contribution in [-0.4, -0.2) is 70.2 Å². The molecule has 2 aliphatic heterocycles. The summed E-state index contributed by atoms with van der Waals surface area (Å²) < 4.78 is 37.7. The molecule has 0 radical (unpaired) electrons. The largest absolute Gasteiger partial charge is 0.494 e. The molecule has 1 amide bonds. The summed E-state index contributed by atoms with van der Waals surface area (Å²) in [5.74, 6) is -1.58. The van der Waals surface area contributed by atoms with Gasteiger partial charge in [0.1, 0.15) is 10.8 Å². The highest BCUT2D eigenvalue weighted by Gasteiger charge is 2.38. The molecule has 7 nitrogen and oxygen atoms in total. The van der Waals surface area contributed by atoms with Gasteiger partial charge in [-0.3, -0.25) is 4.79 Å². The van der Waals surface area contributed by atoms with Crippen molar-refractivity contribution in [2.24, 2.45) is 0 Å². The lowest BCUT2D eigenvalue weighted by molar-refractivity contribution is -0.192. The molecule has 0 bridgehead atoms. The van der Waals surface area contributed by atoms with Gasteiger partial charge in [0.05, 0.1) is 18.8 Å². The molecule has 0 saturated carbocycles. The molecule has 2 fully saturated rings. The van der Waals surface area contributed by atoms with Crippen LogP contribution in [0.15, 0.2) is 24.3 Å². The first-order valence-electron chi connectivity index (χ1n) is 12.1. The summed E-state index contributed by atoms with van der Waals surface area (Å²) in [7, 11) is 0. The number of hydrogen-bond donors (Lipinski definition) is 1. The van der Waals surface area contributed by atoms with Crippen molar-refractivity contribution >= 4 is 23.2 Å². The van der Waals surface area contributed by atoms with Gasteiger partial charge in [0.2, 0.25) is 5.91 Å². The summed E-state index contributed by atoms with van der Waals surface area (Å²) in [5, 5.41) is 8.14. The molecule has 1 aromatic carbocycles. The topological polar surface area (TPSA) is 83.0 Å². The lowest BCUT2D eigenvalue weighted by Crippen LogP contribution is -2.28. The number of aliphatic carboxylic acids is 1. The van der Waals surface area contributed by atoms with Crippen molar-refractivity contribution in [3.63, 3.8) is 0 Å². The third kappa shape index (κ3) is 7.92. The van der Waals surface area contributed by atoms with Gasteiger partial charge in [0, 0.05) is 36.0 Å². The van der Waals surface area contributed by atoms with Crippen LogP contribution < -0.4 is 4.74 Å². The third-order valence-electron chi connectivity index (χ3n) is 6.29. The molecule has 1 N–H and O–H groups in total. The highest BCUT2D eigenvalue weighted by Crippen LogP contribution is 2.31. The number of aromatic nitrogens is 1. The molecule has 0 aliphatic carbocycles. The predicted octanol–water partition coefficient (Wildman–Crippen LogP) is 5.13. The van der Waals surface area contributed by atoms with E-state index in [1.165, 1.54) is 24.3 Å². The van der Waals surface area contributed by atoms with Gasteiger partial charge in [-0.1, -0.05) is 0 Å². The number of carboxylic acid groups (broad SMARTS) is 1. The van der Waals surface area contributed by atoms with Crippen molar-refractivity contribution in [1.82, 2.24) is 14.8 Å². The van der Waals surface area contributed by atoms with Crippen LogP contribution in [0.1, 0.15) is 49.6 Å². The fraction of sp³-hybridized carbons (Fsp3) is 0.560. The number of carbonyl (C=O) groups is 2. The first kappa shape index (κ1) is 27.9. The minimum Gasteiger partial charge on any atom is -0.494 e. The van der Waals surface area contributed by atoms with Crippen molar-refractivity contribution in [3.8, 4) is 16.3 Å². The van der Waals surface area contributed by atoms with E-state index in [-0.39, 0.29) is 5.91 Å². The summed E-state index contributed by atoms with van der Waals surface area (Å²) in [5.41, 5.74) is 2.14. The first-order chi connectivity index (χ1) is 17.0. The number of aryl methyl sites for hydroxylation is 1. The van der Waals surface area contributed by atoms with Gasteiger partial charge in [-0.2, -0.15) is 13.2 Å². The fourth-order valence-electron chi connectivity index (χ4n) is 4.22. The molecule has 36 heavy (non-hydrogen) atoms. The van der Waals surface area contributed by atoms with Crippen molar-refractivity contribution in [1.29, 1.82) is 0 Å². The summed E-state index contributed by atoms with van der Waals surface area (Å²) in [6, 6.07) is 8.97. The smallest absolute Gasteiger partial charge is 0.490 e. The van der Waals surface area contributed by atoms with Crippen LogP contribution in [-0.2, 0) is 16.1 Å². The summed E-state index contributed by atoms with van der Waals surface area (Å²) in [6.07, 6.45) is 0.298. The Morgan fingerprint density at radius 2 is 1.92 bits per heavy atom. The number of rotatable bonds is 8. The van der Waals surface area contributed by atoms with Crippen LogP contribution in [0.5, 0.6) is 5.75 Å². The molecule has 1 aromatic heterocycles. The average molecular weight is 528 g/mol. The third-order valence-corrected chi connectivity index (χ3v) is 7.48. The molecular formula is C25H32F3N3O4S. The van der Waals surface area contributed by atoms with E-state index in [1.54, 1.807) is 11.3 Å². The maximum absolute atomic E-state index is 11.9. The van der Waals surface area contributed by atoms with E-state index in [1.807, 2.05) is 24.0 Å². The SMILES string of the molecule is Cc1nc(-c2ccc(OCCCN3CCCC3C)cc2)sc1CN1CCCC1=O.O=C(O)C(F)(F)F. The number of nitrogens with zero attached hydrogens (tertiary/aromatic N) is 3. The molecule has 1 unspecified atom stereocenters. The second-order valence-electron chi connectivity index (χ2n) is 9.00. The second kappa shape index (κ2) is 12.5. The van der Waals surface area contributed by atoms with E-state index >= 15 is 0 Å². The van der Waals surface area contributed by atoms with Gasteiger partial charge in [-0.15, -0.1) is 11.3 Å². The molecule has 2 aliphatic rings. The summed E-state index contributed by atoms with van der Waals surface area (Å²) in [6.45, 7) is 9.03. The summed E-state index contributed by atoms with van der Waals surface area (Å²) >= 11 is 1.69. The quantitative estimate of drug-likeness (QED) is 0.480. The van der Waals surface area contributed by atoms with E-state index in [0.717, 1.165) is 60.6 Å². The van der Waals surface area contributed by atoms with Gasteiger partial charge in [-0.05, 0) is 70.3 Å². The van der Waals surface area contributed by atoms with Crippen LogP contribution in [0, 0.1) is 6.92 Å². The standard InChI is InChI=1S/C23H31N3O2S.C2HF3O2/c1-17-6-3-12-25(17)14-5-15-28-20-10-8-19(9-11-20)23-24-18(2)21(29-23)16-26-13-4-7-22(26)27;3-2(4,5)1(6)7/h8-11,17H,3-7,12-16H2,1-2H3;(H,6,7).